The number of nitrogens with zero attached hydrogens (tertiary/aromatic N) is 2. The van der Waals surface area contributed by atoms with E-state index < -0.39 is 0 Å². The van der Waals surface area contributed by atoms with Crippen molar-refractivity contribution in [3.05, 3.63) is 11.7 Å². The second-order valence-electron chi connectivity index (χ2n) is 5.30. The van der Waals surface area contributed by atoms with Gasteiger partial charge in [0, 0.05) is 13.5 Å². The molecule has 0 saturated heterocycles. The molecule has 5 nitrogen and oxygen atoms in total. The lowest BCUT2D eigenvalue weighted by Gasteiger charge is -2.22. The van der Waals surface area contributed by atoms with Gasteiger partial charge in [-0.05, 0) is 44.6 Å². The Morgan fingerprint density at radius 2 is 2.17 bits per heavy atom. The first kappa shape index (κ1) is 13.5. The Balaban J connectivity index is 2.01. The van der Waals surface area contributed by atoms with Crippen LogP contribution in [0.4, 0.5) is 0 Å². The van der Waals surface area contributed by atoms with Gasteiger partial charge in [0.2, 0.25) is 11.7 Å². The van der Waals surface area contributed by atoms with Crippen LogP contribution in [0.5, 0.6) is 0 Å². The van der Waals surface area contributed by atoms with Crippen molar-refractivity contribution in [1.29, 1.82) is 0 Å². The molecule has 0 bridgehead atoms. The van der Waals surface area contributed by atoms with Gasteiger partial charge in [-0.25, -0.2) is 0 Å². The van der Waals surface area contributed by atoms with Crippen LogP contribution >= 0.6 is 0 Å². The van der Waals surface area contributed by atoms with Crippen molar-refractivity contribution < 1.29 is 9.26 Å². The summed E-state index contributed by atoms with van der Waals surface area (Å²) in [5.74, 6) is 1.91. The summed E-state index contributed by atoms with van der Waals surface area (Å²) in [7, 11) is 1.73. The Morgan fingerprint density at radius 3 is 2.78 bits per heavy atom. The van der Waals surface area contributed by atoms with Crippen molar-refractivity contribution in [2.75, 3.05) is 13.7 Å². The van der Waals surface area contributed by atoms with Crippen LogP contribution in [0.25, 0.3) is 0 Å². The molecule has 18 heavy (non-hydrogen) atoms. The maximum Gasteiger partial charge on any atom is 0.226 e. The van der Waals surface area contributed by atoms with Crippen LogP contribution in [0, 0.1) is 5.92 Å². The fraction of sp³-hybridized carbons (Fsp3) is 0.846. The second kappa shape index (κ2) is 5.80. The van der Waals surface area contributed by atoms with Gasteiger partial charge in [0.25, 0.3) is 0 Å². The number of ether oxygens (including phenoxy) is 1. The third-order valence-electron chi connectivity index (χ3n) is 3.93. The van der Waals surface area contributed by atoms with Crippen molar-refractivity contribution in [2.45, 2.75) is 51.0 Å². The smallest absolute Gasteiger partial charge is 0.226 e. The molecule has 1 unspecified atom stereocenters. The van der Waals surface area contributed by atoms with E-state index in [0.29, 0.717) is 18.4 Å². The van der Waals surface area contributed by atoms with E-state index in [9.17, 15) is 0 Å². The van der Waals surface area contributed by atoms with E-state index in [2.05, 4.69) is 17.1 Å². The SMILES string of the molecule is COC1(c2noc(CCC(C)CN)n2)CCCC1. The van der Waals surface area contributed by atoms with E-state index in [1.165, 1.54) is 12.8 Å². The number of rotatable bonds is 6. The third-order valence-corrected chi connectivity index (χ3v) is 3.93. The van der Waals surface area contributed by atoms with Crippen molar-refractivity contribution in [2.24, 2.45) is 11.7 Å². The summed E-state index contributed by atoms with van der Waals surface area (Å²) >= 11 is 0. The van der Waals surface area contributed by atoms with Crippen LogP contribution in [0.2, 0.25) is 0 Å². The highest BCUT2D eigenvalue weighted by atomic mass is 16.5. The van der Waals surface area contributed by atoms with Gasteiger partial charge in [-0.3, -0.25) is 0 Å². The average Bonchev–Trinajstić information content (AvgIpc) is 3.05. The minimum atomic E-state index is -0.304. The Labute approximate surface area is 108 Å². The van der Waals surface area contributed by atoms with E-state index in [1.54, 1.807) is 7.11 Å². The minimum Gasteiger partial charge on any atom is -0.370 e. The van der Waals surface area contributed by atoms with Crippen molar-refractivity contribution in [1.82, 2.24) is 10.1 Å². The molecule has 2 rings (SSSR count). The number of nitrogens with two attached hydrogens (primary N) is 1. The van der Waals surface area contributed by atoms with Crippen LogP contribution < -0.4 is 5.73 Å². The molecule has 5 heteroatoms. The molecule has 0 amide bonds. The topological polar surface area (TPSA) is 74.2 Å². The second-order valence-corrected chi connectivity index (χ2v) is 5.30. The zero-order valence-electron chi connectivity index (χ0n) is 11.3. The summed E-state index contributed by atoms with van der Waals surface area (Å²) in [5.41, 5.74) is 5.29. The van der Waals surface area contributed by atoms with Crippen molar-refractivity contribution in [3.63, 3.8) is 0 Å². The Kier molecular flexibility index (Phi) is 4.35. The lowest BCUT2D eigenvalue weighted by molar-refractivity contribution is -0.0178. The van der Waals surface area contributed by atoms with E-state index in [4.69, 9.17) is 15.0 Å². The van der Waals surface area contributed by atoms with Gasteiger partial charge in [-0.2, -0.15) is 4.98 Å². The summed E-state index contributed by atoms with van der Waals surface area (Å²) in [6, 6.07) is 0. The molecule has 0 radical (unpaired) electrons. The summed E-state index contributed by atoms with van der Waals surface area (Å²) in [6.45, 7) is 2.83. The molecule has 1 heterocycles. The molecule has 0 spiro atoms. The van der Waals surface area contributed by atoms with Crippen LogP contribution in [-0.4, -0.2) is 23.8 Å². The highest BCUT2D eigenvalue weighted by Gasteiger charge is 2.40. The van der Waals surface area contributed by atoms with E-state index >= 15 is 0 Å². The number of hydrogen-bond donors (Lipinski definition) is 1. The molecule has 1 aromatic heterocycles. The number of methoxy groups -OCH3 is 1. The van der Waals surface area contributed by atoms with Gasteiger partial charge in [0.15, 0.2) is 0 Å². The number of hydrogen-bond acceptors (Lipinski definition) is 5. The quantitative estimate of drug-likeness (QED) is 0.839. The molecule has 1 aliphatic carbocycles. The highest BCUT2D eigenvalue weighted by molar-refractivity contribution is 5.04. The van der Waals surface area contributed by atoms with Crippen LogP contribution in [0.3, 0.4) is 0 Å². The van der Waals surface area contributed by atoms with Gasteiger partial charge in [-0.1, -0.05) is 12.1 Å². The molecular formula is C13H23N3O2. The molecule has 1 aromatic rings. The maximum atomic E-state index is 5.64. The lowest BCUT2D eigenvalue weighted by Crippen LogP contribution is -2.26. The van der Waals surface area contributed by atoms with Gasteiger partial charge >= 0.3 is 0 Å². The van der Waals surface area contributed by atoms with Gasteiger partial charge in [0.05, 0.1) is 0 Å². The predicted octanol–water partition coefficient (Wildman–Crippen LogP) is 2.01. The number of aromatic nitrogens is 2. The first-order valence-corrected chi connectivity index (χ1v) is 6.78. The molecule has 1 fully saturated rings. The van der Waals surface area contributed by atoms with Crippen molar-refractivity contribution in [3.8, 4) is 0 Å². The zero-order chi connectivity index (χ0) is 13.0. The molecule has 102 valence electrons. The summed E-state index contributed by atoms with van der Waals surface area (Å²) in [4.78, 5) is 4.50. The summed E-state index contributed by atoms with van der Waals surface area (Å²) in [6.07, 6.45) is 6.09. The molecule has 0 aliphatic heterocycles. The lowest BCUT2D eigenvalue weighted by atomic mass is 10.0. The molecule has 1 aliphatic rings. The molecule has 2 N–H and O–H groups in total. The number of aryl methyl sites for hydroxylation is 1. The van der Waals surface area contributed by atoms with Crippen LogP contribution in [0.1, 0.15) is 50.7 Å². The molecule has 1 saturated carbocycles. The molecule has 1 atom stereocenters. The summed E-state index contributed by atoms with van der Waals surface area (Å²) < 4.78 is 11.0. The first-order valence-electron chi connectivity index (χ1n) is 6.78. The maximum absolute atomic E-state index is 5.64. The van der Waals surface area contributed by atoms with E-state index in [1.807, 2.05) is 0 Å². The normalized spacial score (nSPS) is 20.2. The first-order chi connectivity index (χ1) is 8.70. The van der Waals surface area contributed by atoms with Crippen LogP contribution in [-0.2, 0) is 16.8 Å². The van der Waals surface area contributed by atoms with Gasteiger partial charge < -0.3 is 15.0 Å². The Hall–Kier alpha value is -0.940. The monoisotopic (exact) mass is 253 g/mol. The zero-order valence-corrected chi connectivity index (χ0v) is 11.3. The standard InChI is InChI=1S/C13H23N3O2/c1-10(9-14)5-6-11-15-12(16-18-11)13(17-2)7-3-4-8-13/h10H,3-9,14H2,1-2H3. The van der Waals surface area contributed by atoms with Crippen LogP contribution in [0.15, 0.2) is 4.52 Å². The minimum absolute atomic E-state index is 0.304. The Morgan fingerprint density at radius 1 is 1.44 bits per heavy atom. The van der Waals surface area contributed by atoms with E-state index in [0.717, 1.165) is 31.5 Å². The average molecular weight is 253 g/mol. The van der Waals surface area contributed by atoms with E-state index in [-0.39, 0.29) is 5.60 Å². The highest BCUT2D eigenvalue weighted by Crippen LogP contribution is 2.40. The fourth-order valence-corrected chi connectivity index (χ4v) is 2.49. The Bertz CT molecular complexity index is 372. The fourth-order valence-electron chi connectivity index (χ4n) is 2.49. The summed E-state index contributed by atoms with van der Waals surface area (Å²) in [5, 5.41) is 4.10. The largest absolute Gasteiger partial charge is 0.370 e. The van der Waals surface area contributed by atoms with Gasteiger partial charge in [0.1, 0.15) is 5.60 Å². The van der Waals surface area contributed by atoms with Gasteiger partial charge in [-0.15, -0.1) is 0 Å². The molecule has 0 aromatic carbocycles. The third kappa shape index (κ3) is 2.72. The van der Waals surface area contributed by atoms with Crippen molar-refractivity contribution >= 4 is 0 Å². The predicted molar refractivity (Wildman–Crippen MR) is 68.0 cm³/mol. The molecular weight excluding hydrogens is 230 g/mol.